The van der Waals surface area contributed by atoms with Crippen molar-refractivity contribution in [1.29, 1.82) is 0 Å². The lowest BCUT2D eigenvalue weighted by atomic mass is 9.94. The van der Waals surface area contributed by atoms with Crippen molar-refractivity contribution in [2.24, 2.45) is 5.73 Å². The van der Waals surface area contributed by atoms with Crippen LogP contribution in [0.15, 0.2) is 12.1 Å². The maximum atomic E-state index is 13.7. The van der Waals surface area contributed by atoms with E-state index in [2.05, 4.69) is 0 Å². The fourth-order valence-electron chi connectivity index (χ4n) is 2.37. The summed E-state index contributed by atoms with van der Waals surface area (Å²) in [5.41, 5.74) is 8.07. The molecule has 2 N–H and O–H groups in total. The van der Waals surface area contributed by atoms with Crippen molar-refractivity contribution in [3.8, 4) is 24.7 Å². The molecule has 3 unspecified atom stereocenters. The number of terminal acetylenes is 2. The summed E-state index contributed by atoms with van der Waals surface area (Å²) in [6.07, 6.45) is 8.43. The number of hydrogen-bond donors (Lipinski definition) is 1. The summed E-state index contributed by atoms with van der Waals surface area (Å²) in [5.74, 6) is 4.02. The zero-order valence-corrected chi connectivity index (χ0v) is 9.79. The zero-order chi connectivity index (χ0) is 13.3. The van der Waals surface area contributed by atoms with Crippen LogP contribution in [-0.4, -0.2) is 0 Å². The van der Waals surface area contributed by atoms with Gasteiger partial charge in [0.15, 0.2) is 12.3 Å². The fourth-order valence-corrected chi connectivity index (χ4v) is 2.37. The molecule has 1 aromatic carbocycles. The average Bonchev–Trinajstić information content (AvgIpc) is 2.77. The number of hydrogen-bond acceptors (Lipinski definition) is 1. The van der Waals surface area contributed by atoms with Gasteiger partial charge in [-0.25, -0.2) is 8.78 Å². The van der Waals surface area contributed by atoms with Gasteiger partial charge in [-0.3, -0.25) is 0 Å². The normalized spacial score (nSPS) is 20.6. The van der Waals surface area contributed by atoms with Gasteiger partial charge in [0.1, 0.15) is 0 Å². The van der Waals surface area contributed by atoms with E-state index in [0.29, 0.717) is 12.0 Å². The molecule has 0 aliphatic heterocycles. The van der Waals surface area contributed by atoms with Crippen LogP contribution in [0.1, 0.15) is 47.1 Å². The van der Waals surface area contributed by atoms with Crippen molar-refractivity contribution in [2.75, 3.05) is 0 Å². The smallest absolute Gasteiger partial charge is 0.185 e. The number of fused-ring (bicyclic) bond motifs is 1. The van der Waals surface area contributed by atoms with Crippen LogP contribution < -0.4 is 5.73 Å². The van der Waals surface area contributed by atoms with Gasteiger partial charge >= 0.3 is 0 Å². The van der Waals surface area contributed by atoms with E-state index in [4.69, 9.17) is 18.6 Å². The fraction of sp³-hybridized carbons (Fsp3) is 0.333. The summed E-state index contributed by atoms with van der Waals surface area (Å²) in [6.45, 7) is 0. The van der Waals surface area contributed by atoms with Crippen molar-refractivity contribution in [3.05, 3.63) is 34.4 Å². The molecule has 0 heterocycles. The average molecular weight is 245 g/mol. The van der Waals surface area contributed by atoms with Gasteiger partial charge in [0.2, 0.25) is 0 Å². The van der Waals surface area contributed by atoms with Gasteiger partial charge in [0.25, 0.3) is 0 Å². The standard InChI is InChI=1S/C15H13F2N/c1-3-13(16)9-7-11(14(17)4-2)10-5-6-15(18)12(10)8-9/h1-2,7-8,13-15H,5-6,18H2. The van der Waals surface area contributed by atoms with Gasteiger partial charge in [-0.05, 0) is 35.6 Å². The highest BCUT2D eigenvalue weighted by Crippen LogP contribution is 2.38. The Kier molecular flexibility index (Phi) is 3.36. The Bertz CT molecular complexity index is 551. The molecule has 0 bridgehead atoms. The number of alkyl halides is 2. The van der Waals surface area contributed by atoms with E-state index in [-0.39, 0.29) is 11.6 Å². The van der Waals surface area contributed by atoms with Crippen molar-refractivity contribution in [1.82, 2.24) is 0 Å². The first-order chi connectivity index (χ1) is 8.58. The summed E-state index contributed by atoms with van der Waals surface area (Å²) in [5, 5.41) is 0. The molecule has 1 nitrogen and oxygen atoms in total. The van der Waals surface area contributed by atoms with Crippen LogP contribution in [0.3, 0.4) is 0 Å². The molecule has 1 aliphatic rings. The third kappa shape index (κ3) is 1.98. The van der Waals surface area contributed by atoms with Gasteiger partial charge < -0.3 is 5.73 Å². The molecular weight excluding hydrogens is 232 g/mol. The summed E-state index contributed by atoms with van der Waals surface area (Å²) in [6, 6.07) is 2.85. The van der Waals surface area contributed by atoms with Crippen molar-refractivity contribution in [3.63, 3.8) is 0 Å². The Morgan fingerprint density at radius 1 is 1.22 bits per heavy atom. The molecule has 3 heteroatoms. The SMILES string of the molecule is C#CC(F)c1cc(C(F)C#C)c2c(c1)C(N)CC2. The predicted octanol–water partition coefficient (Wildman–Crippen LogP) is 2.92. The molecule has 18 heavy (non-hydrogen) atoms. The first-order valence-electron chi connectivity index (χ1n) is 5.71. The van der Waals surface area contributed by atoms with E-state index in [9.17, 15) is 8.78 Å². The second-order valence-electron chi connectivity index (χ2n) is 4.38. The molecule has 0 fully saturated rings. The van der Waals surface area contributed by atoms with E-state index >= 15 is 0 Å². The summed E-state index contributed by atoms with van der Waals surface area (Å²) in [7, 11) is 0. The minimum atomic E-state index is -1.56. The molecule has 0 saturated heterocycles. The van der Waals surface area contributed by atoms with Gasteiger partial charge in [-0.1, -0.05) is 17.9 Å². The van der Waals surface area contributed by atoms with Crippen LogP contribution in [0.2, 0.25) is 0 Å². The second-order valence-corrected chi connectivity index (χ2v) is 4.38. The molecular formula is C15H13F2N. The number of nitrogens with two attached hydrogens (primary N) is 1. The lowest BCUT2D eigenvalue weighted by Crippen LogP contribution is -2.07. The molecule has 1 aliphatic carbocycles. The molecule has 0 radical (unpaired) electrons. The maximum absolute atomic E-state index is 13.7. The van der Waals surface area contributed by atoms with Gasteiger partial charge in [-0.15, -0.1) is 12.8 Å². The minimum absolute atomic E-state index is 0.200. The highest BCUT2D eigenvalue weighted by molar-refractivity contribution is 5.48. The van der Waals surface area contributed by atoms with Crippen LogP contribution >= 0.6 is 0 Å². The molecule has 1 aromatic rings. The van der Waals surface area contributed by atoms with Crippen molar-refractivity contribution in [2.45, 2.75) is 31.2 Å². The van der Waals surface area contributed by atoms with Crippen LogP contribution in [0.4, 0.5) is 8.78 Å². The van der Waals surface area contributed by atoms with E-state index < -0.39 is 12.3 Å². The monoisotopic (exact) mass is 245 g/mol. The van der Waals surface area contributed by atoms with Crippen LogP contribution in [0.5, 0.6) is 0 Å². The Hall–Kier alpha value is -1.84. The van der Waals surface area contributed by atoms with Crippen molar-refractivity contribution >= 4 is 0 Å². The van der Waals surface area contributed by atoms with E-state index in [1.807, 2.05) is 11.8 Å². The van der Waals surface area contributed by atoms with E-state index in [1.54, 1.807) is 6.07 Å². The molecule has 0 spiro atoms. The van der Waals surface area contributed by atoms with Gasteiger partial charge in [-0.2, -0.15) is 0 Å². The number of rotatable bonds is 2. The first-order valence-corrected chi connectivity index (χ1v) is 5.71. The molecule has 0 aromatic heterocycles. The third-order valence-corrected chi connectivity index (χ3v) is 3.30. The summed E-state index contributed by atoms with van der Waals surface area (Å²) >= 11 is 0. The zero-order valence-electron chi connectivity index (χ0n) is 9.79. The number of benzene rings is 1. The molecule has 0 saturated carbocycles. The number of halogens is 2. The van der Waals surface area contributed by atoms with Crippen LogP contribution in [-0.2, 0) is 6.42 Å². The highest BCUT2D eigenvalue weighted by Gasteiger charge is 2.26. The van der Waals surface area contributed by atoms with E-state index in [0.717, 1.165) is 17.5 Å². The molecule has 92 valence electrons. The molecule has 3 atom stereocenters. The highest BCUT2D eigenvalue weighted by atomic mass is 19.1. The Labute approximate surface area is 105 Å². The van der Waals surface area contributed by atoms with Crippen molar-refractivity contribution < 1.29 is 8.78 Å². The van der Waals surface area contributed by atoms with E-state index in [1.165, 1.54) is 6.07 Å². The largest absolute Gasteiger partial charge is 0.324 e. The quantitative estimate of drug-likeness (QED) is 0.796. The van der Waals surface area contributed by atoms with Gasteiger partial charge in [0.05, 0.1) is 0 Å². The van der Waals surface area contributed by atoms with Crippen LogP contribution in [0.25, 0.3) is 0 Å². The summed E-state index contributed by atoms with van der Waals surface area (Å²) < 4.78 is 27.3. The Morgan fingerprint density at radius 3 is 2.50 bits per heavy atom. The predicted molar refractivity (Wildman–Crippen MR) is 67.1 cm³/mol. The lowest BCUT2D eigenvalue weighted by Gasteiger charge is -2.14. The second kappa shape index (κ2) is 4.80. The lowest BCUT2D eigenvalue weighted by molar-refractivity contribution is 0.416. The molecule has 2 rings (SSSR count). The molecule has 0 amide bonds. The first kappa shape index (κ1) is 12.6. The third-order valence-electron chi connectivity index (χ3n) is 3.30. The summed E-state index contributed by atoms with van der Waals surface area (Å²) in [4.78, 5) is 0. The van der Waals surface area contributed by atoms with Gasteiger partial charge in [0, 0.05) is 11.6 Å². The Balaban J connectivity index is 2.60. The Morgan fingerprint density at radius 2 is 1.89 bits per heavy atom. The topological polar surface area (TPSA) is 26.0 Å². The van der Waals surface area contributed by atoms with Crippen LogP contribution in [0, 0.1) is 24.7 Å². The maximum Gasteiger partial charge on any atom is 0.185 e. The minimum Gasteiger partial charge on any atom is -0.324 e.